The summed E-state index contributed by atoms with van der Waals surface area (Å²) in [7, 11) is 0. The van der Waals surface area contributed by atoms with E-state index in [1.165, 1.54) is 95.4 Å². The highest BCUT2D eigenvalue weighted by atomic mass is 127. The SMILES string of the molecule is C(=C\c1c[nH]c2ccccc12)/c1cc[n+](CCCCCCCCCC[n+]2ccc(/C=C/c3c[nH]c4ccccc34)cc2)cc1.[I-].[I-]. The van der Waals surface area contributed by atoms with Crippen molar-refractivity contribution in [2.45, 2.75) is 64.5 Å². The summed E-state index contributed by atoms with van der Waals surface area (Å²) < 4.78 is 4.63. The van der Waals surface area contributed by atoms with Gasteiger partial charge in [0.1, 0.15) is 13.1 Å². The van der Waals surface area contributed by atoms with Crippen molar-refractivity contribution >= 4 is 46.1 Å². The van der Waals surface area contributed by atoms with Crippen LogP contribution in [0.5, 0.6) is 0 Å². The zero-order valence-corrected chi connectivity index (χ0v) is 30.7. The van der Waals surface area contributed by atoms with E-state index in [-0.39, 0.29) is 48.0 Å². The summed E-state index contributed by atoms with van der Waals surface area (Å²) >= 11 is 0. The maximum atomic E-state index is 3.34. The number of nitrogens with one attached hydrogen (secondary N) is 2. The Morgan fingerprint density at radius 3 is 1.22 bits per heavy atom. The number of halogens is 2. The highest BCUT2D eigenvalue weighted by Gasteiger charge is 2.04. The number of para-hydroxylation sites is 2. The minimum absolute atomic E-state index is 0. The van der Waals surface area contributed by atoms with Crippen LogP contribution in [0.25, 0.3) is 46.1 Å². The van der Waals surface area contributed by atoms with Crippen molar-refractivity contribution in [3.05, 3.63) is 132 Å². The van der Waals surface area contributed by atoms with Crippen molar-refractivity contribution in [2.75, 3.05) is 0 Å². The third kappa shape index (κ3) is 10.1. The fourth-order valence-electron chi connectivity index (χ4n) is 5.94. The molecule has 0 amide bonds. The molecule has 46 heavy (non-hydrogen) atoms. The van der Waals surface area contributed by atoms with Gasteiger partial charge in [-0.2, -0.15) is 0 Å². The zero-order valence-electron chi connectivity index (χ0n) is 26.4. The van der Waals surface area contributed by atoms with Gasteiger partial charge in [0.05, 0.1) is 0 Å². The second-order valence-electron chi connectivity index (χ2n) is 11.8. The lowest BCUT2D eigenvalue weighted by molar-refractivity contribution is -0.697. The predicted molar refractivity (Wildman–Crippen MR) is 185 cm³/mol. The molecular formula is C40H44I2N4. The summed E-state index contributed by atoms with van der Waals surface area (Å²) in [5, 5.41) is 2.53. The number of aryl methyl sites for hydroxylation is 2. The third-order valence-corrected chi connectivity index (χ3v) is 8.57. The minimum atomic E-state index is 0. The second-order valence-corrected chi connectivity index (χ2v) is 11.8. The molecule has 2 aromatic carbocycles. The number of unbranched alkanes of at least 4 members (excludes halogenated alkanes) is 7. The summed E-state index contributed by atoms with van der Waals surface area (Å²) in [6.07, 6.45) is 32.3. The van der Waals surface area contributed by atoms with Gasteiger partial charge in [0, 0.05) is 71.3 Å². The van der Waals surface area contributed by atoms with Crippen LogP contribution < -0.4 is 57.1 Å². The number of hydrogen-bond donors (Lipinski definition) is 2. The largest absolute Gasteiger partial charge is 1.00 e. The standard InChI is InChI=1S/C40H42N4.2HI/c1(3-5-11-25-43-27-21-33(22-28-43)17-19-35-31-41-39-15-9-7-13-37(35)39)2-4-6-12-26-44-29-23-34(24-30-44)18-20-36-32-42-40-16-10-8-14-38(36)40;;/h7-10,13-24,27-32H,1-6,11-12,25-26H2;2*1H. The van der Waals surface area contributed by atoms with Gasteiger partial charge in [-0.05, 0) is 47.2 Å². The molecule has 0 radical (unpaired) electrons. The molecule has 0 aliphatic carbocycles. The molecular weight excluding hydrogens is 790 g/mol. The highest BCUT2D eigenvalue weighted by molar-refractivity contribution is 5.92. The van der Waals surface area contributed by atoms with Crippen LogP contribution in [0.1, 0.15) is 73.6 Å². The first-order valence-electron chi connectivity index (χ1n) is 16.3. The van der Waals surface area contributed by atoms with Crippen LogP contribution in [-0.2, 0) is 13.1 Å². The van der Waals surface area contributed by atoms with Crippen LogP contribution in [-0.4, -0.2) is 9.97 Å². The Hall–Kier alpha value is -3.24. The van der Waals surface area contributed by atoms with Crippen LogP contribution >= 0.6 is 0 Å². The van der Waals surface area contributed by atoms with E-state index in [2.05, 4.69) is 153 Å². The Bertz CT molecular complexity index is 1680. The maximum Gasteiger partial charge on any atom is 0.169 e. The molecule has 238 valence electrons. The first kappa shape index (κ1) is 35.6. The van der Waals surface area contributed by atoms with Crippen LogP contribution in [0.3, 0.4) is 0 Å². The average Bonchev–Trinajstić information content (AvgIpc) is 3.69. The quantitative estimate of drug-likeness (QED) is 0.0907. The Kier molecular flexibility index (Phi) is 14.5. The zero-order chi connectivity index (χ0) is 29.8. The topological polar surface area (TPSA) is 39.3 Å². The Morgan fingerprint density at radius 1 is 0.435 bits per heavy atom. The monoisotopic (exact) mass is 834 g/mol. The molecule has 6 heteroatoms. The van der Waals surface area contributed by atoms with Crippen molar-refractivity contribution in [2.24, 2.45) is 0 Å². The van der Waals surface area contributed by atoms with Crippen molar-refractivity contribution in [1.82, 2.24) is 9.97 Å². The first-order chi connectivity index (χ1) is 21.8. The molecule has 0 atom stereocenters. The van der Waals surface area contributed by atoms with Gasteiger partial charge in [0.15, 0.2) is 24.8 Å². The minimum Gasteiger partial charge on any atom is -1.00 e. The molecule has 6 rings (SSSR count). The van der Waals surface area contributed by atoms with Gasteiger partial charge in [-0.25, -0.2) is 9.13 Å². The number of H-pyrrole nitrogens is 2. The summed E-state index contributed by atoms with van der Waals surface area (Å²) in [5.41, 5.74) is 7.29. The lowest BCUT2D eigenvalue weighted by Gasteiger charge is -2.02. The molecule has 2 N–H and O–H groups in total. The molecule has 0 aliphatic rings. The molecule has 0 unspecified atom stereocenters. The number of fused-ring (bicyclic) bond motifs is 2. The van der Waals surface area contributed by atoms with Gasteiger partial charge in [-0.3, -0.25) is 0 Å². The molecule has 0 fully saturated rings. The van der Waals surface area contributed by atoms with Crippen molar-refractivity contribution < 1.29 is 57.1 Å². The third-order valence-electron chi connectivity index (χ3n) is 8.57. The number of aromatic amines is 2. The first-order valence-corrected chi connectivity index (χ1v) is 16.3. The van der Waals surface area contributed by atoms with Crippen LogP contribution in [0, 0.1) is 0 Å². The molecule has 4 aromatic heterocycles. The van der Waals surface area contributed by atoms with Crippen molar-refractivity contribution in [1.29, 1.82) is 0 Å². The number of hydrogen-bond acceptors (Lipinski definition) is 0. The Morgan fingerprint density at radius 2 is 0.804 bits per heavy atom. The molecule has 0 saturated heterocycles. The van der Waals surface area contributed by atoms with E-state index in [9.17, 15) is 0 Å². The van der Waals surface area contributed by atoms with E-state index >= 15 is 0 Å². The molecule has 0 spiro atoms. The molecule has 4 nitrogen and oxygen atoms in total. The maximum absolute atomic E-state index is 3.34. The Labute approximate surface area is 307 Å². The van der Waals surface area contributed by atoms with Crippen molar-refractivity contribution in [3.8, 4) is 0 Å². The number of nitrogens with zero attached hydrogens (tertiary/aromatic N) is 2. The number of benzene rings is 2. The highest BCUT2D eigenvalue weighted by Crippen LogP contribution is 2.21. The van der Waals surface area contributed by atoms with E-state index in [1.54, 1.807) is 0 Å². The molecule has 6 aromatic rings. The van der Waals surface area contributed by atoms with Crippen LogP contribution in [0.2, 0.25) is 0 Å². The van der Waals surface area contributed by atoms with Crippen molar-refractivity contribution in [3.63, 3.8) is 0 Å². The molecule has 0 saturated carbocycles. The van der Waals surface area contributed by atoms with Gasteiger partial charge in [-0.15, -0.1) is 0 Å². The molecule has 0 bridgehead atoms. The van der Waals surface area contributed by atoms with E-state index in [0.717, 1.165) is 13.1 Å². The van der Waals surface area contributed by atoms with Gasteiger partial charge < -0.3 is 57.9 Å². The number of rotatable bonds is 15. The smallest absolute Gasteiger partial charge is 0.169 e. The lowest BCUT2D eigenvalue weighted by atomic mass is 10.1. The fraction of sp³-hybridized carbons (Fsp3) is 0.250. The Balaban J connectivity index is 0.00000240. The number of pyridine rings is 2. The molecule has 4 heterocycles. The summed E-state index contributed by atoms with van der Waals surface area (Å²) in [4.78, 5) is 6.68. The van der Waals surface area contributed by atoms with Crippen LogP contribution in [0.4, 0.5) is 0 Å². The van der Waals surface area contributed by atoms with Gasteiger partial charge in [-0.1, -0.05) is 86.4 Å². The van der Waals surface area contributed by atoms with Gasteiger partial charge in [0.25, 0.3) is 0 Å². The second kappa shape index (κ2) is 18.8. The fourth-order valence-corrected chi connectivity index (χ4v) is 5.94. The van der Waals surface area contributed by atoms with Crippen LogP contribution in [0.15, 0.2) is 110 Å². The summed E-state index contributed by atoms with van der Waals surface area (Å²) in [6, 6.07) is 25.7. The lowest BCUT2D eigenvalue weighted by Crippen LogP contribution is -3.00. The van der Waals surface area contributed by atoms with E-state index in [0.29, 0.717) is 0 Å². The van der Waals surface area contributed by atoms with Gasteiger partial charge in [0.2, 0.25) is 0 Å². The number of aromatic nitrogens is 4. The predicted octanol–water partition coefficient (Wildman–Crippen LogP) is 3.39. The van der Waals surface area contributed by atoms with E-state index < -0.39 is 0 Å². The average molecular weight is 835 g/mol. The van der Waals surface area contributed by atoms with E-state index in [1.807, 2.05) is 0 Å². The normalized spacial score (nSPS) is 11.4. The summed E-state index contributed by atoms with van der Waals surface area (Å²) in [6.45, 7) is 2.20. The molecule has 0 aliphatic heterocycles. The summed E-state index contributed by atoms with van der Waals surface area (Å²) in [5.74, 6) is 0. The van der Waals surface area contributed by atoms with E-state index in [4.69, 9.17) is 0 Å². The van der Waals surface area contributed by atoms with Gasteiger partial charge >= 0.3 is 0 Å².